The van der Waals surface area contributed by atoms with E-state index in [9.17, 15) is 4.79 Å². The van der Waals surface area contributed by atoms with Gasteiger partial charge in [-0.05, 0) is 36.8 Å². The average Bonchev–Trinajstić information content (AvgIpc) is 2.52. The van der Waals surface area contributed by atoms with Gasteiger partial charge in [0.05, 0.1) is 0 Å². The van der Waals surface area contributed by atoms with E-state index in [0.29, 0.717) is 12.0 Å². The Bertz CT molecular complexity index is 471. The number of hydrogen-bond donors (Lipinski definition) is 0. The second kappa shape index (κ2) is 3.73. The molecule has 0 N–H and O–H groups in total. The summed E-state index contributed by atoms with van der Waals surface area (Å²) >= 11 is 0. The molecule has 1 aliphatic heterocycles. The van der Waals surface area contributed by atoms with Gasteiger partial charge in [0.2, 0.25) is 0 Å². The van der Waals surface area contributed by atoms with Gasteiger partial charge in [-0.25, -0.2) is 4.79 Å². The summed E-state index contributed by atoms with van der Waals surface area (Å²) in [5.41, 5.74) is 2.72. The molecule has 2 aliphatic rings. The molecule has 1 aromatic carbocycles. The Morgan fingerprint density at radius 3 is 2.82 bits per heavy atom. The predicted molar refractivity (Wildman–Crippen MR) is 65.5 cm³/mol. The molecule has 88 valence electrons. The standard InChI is InChI=1S/C15H16O2/c1-11-10-15(17-14(11)16)9-5-4-7-12-6-2-3-8-13(12)15/h2-3,6,8H,1,4-5,7,9-10H2/t15-/m0/s1. The van der Waals surface area contributed by atoms with Gasteiger partial charge in [-0.1, -0.05) is 30.8 Å². The lowest BCUT2D eigenvalue weighted by Gasteiger charge is -2.28. The Morgan fingerprint density at radius 1 is 1.24 bits per heavy atom. The van der Waals surface area contributed by atoms with Gasteiger partial charge in [-0.15, -0.1) is 0 Å². The van der Waals surface area contributed by atoms with Gasteiger partial charge in [0.25, 0.3) is 0 Å². The zero-order chi connectivity index (χ0) is 11.9. The third kappa shape index (κ3) is 1.59. The Morgan fingerprint density at radius 2 is 2.06 bits per heavy atom. The first-order chi connectivity index (χ1) is 8.21. The lowest BCUT2D eigenvalue weighted by molar-refractivity contribution is -0.148. The lowest BCUT2D eigenvalue weighted by Crippen LogP contribution is -2.25. The van der Waals surface area contributed by atoms with E-state index >= 15 is 0 Å². The van der Waals surface area contributed by atoms with Crippen molar-refractivity contribution < 1.29 is 9.53 Å². The van der Waals surface area contributed by atoms with Crippen LogP contribution in [0.1, 0.15) is 36.8 Å². The van der Waals surface area contributed by atoms with E-state index in [1.807, 2.05) is 6.07 Å². The number of benzene rings is 1. The first kappa shape index (κ1) is 10.6. The van der Waals surface area contributed by atoms with Crippen molar-refractivity contribution in [1.82, 2.24) is 0 Å². The molecule has 1 atom stereocenters. The zero-order valence-corrected chi connectivity index (χ0v) is 9.87. The highest BCUT2D eigenvalue weighted by atomic mass is 16.6. The minimum atomic E-state index is -0.415. The van der Waals surface area contributed by atoms with Crippen molar-refractivity contribution in [2.45, 2.75) is 37.7 Å². The maximum absolute atomic E-state index is 11.6. The minimum Gasteiger partial charge on any atom is -0.450 e. The summed E-state index contributed by atoms with van der Waals surface area (Å²) in [7, 11) is 0. The smallest absolute Gasteiger partial charge is 0.334 e. The lowest BCUT2D eigenvalue weighted by atomic mass is 9.85. The highest BCUT2D eigenvalue weighted by molar-refractivity contribution is 5.90. The number of esters is 1. The maximum atomic E-state index is 11.6. The van der Waals surface area contributed by atoms with E-state index in [0.717, 1.165) is 19.3 Å². The van der Waals surface area contributed by atoms with Gasteiger partial charge in [0, 0.05) is 12.0 Å². The highest BCUT2D eigenvalue weighted by Gasteiger charge is 2.45. The molecule has 0 saturated carbocycles. The Kier molecular flexibility index (Phi) is 2.32. The van der Waals surface area contributed by atoms with Crippen LogP contribution in [0.3, 0.4) is 0 Å². The van der Waals surface area contributed by atoms with Crippen LogP contribution in [0.2, 0.25) is 0 Å². The van der Waals surface area contributed by atoms with Gasteiger partial charge >= 0.3 is 5.97 Å². The number of carbonyl (C=O) groups excluding carboxylic acids is 1. The number of rotatable bonds is 0. The molecule has 1 heterocycles. The summed E-state index contributed by atoms with van der Waals surface area (Å²) < 4.78 is 5.67. The van der Waals surface area contributed by atoms with E-state index < -0.39 is 5.60 Å². The van der Waals surface area contributed by atoms with Crippen molar-refractivity contribution >= 4 is 5.97 Å². The SMILES string of the molecule is C=C1C[C@]2(CCCCc3ccccc32)OC1=O. The van der Waals surface area contributed by atoms with Gasteiger partial charge in [0.1, 0.15) is 5.60 Å². The maximum Gasteiger partial charge on any atom is 0.334 e. The first-order valence-electron chi connectivity index (χ1n) is 6.21. The summed E-state index contributed by atoms with van der Waals surface area (Å²) in [5.74, 6) is -0.221. The van der Waals surface area contributed by atoms with Crippen molar-refractivity contribution in [2.75, 3.05) is 0 Å². The van der Waals surface area contributed by atoms with Crippen LogP contribution in [-0.4, -0.2) is 5.97 Å². The second-order valence-electron chi connectivity index (χ2n) is 5.03. The van der Waals surface area contributed by atoms with Crippen LogP contribution in [0.15, 0.2) is 36.4 Å². The number of ether oxygens (including phenoxy) is 1. The number of fused-ring (bicyclic) bond motifs is 2. The van der Waals surface area contributed by atoms with Gasteiger partial charge in [0.15, 0.2) is 0 Å². The van der Waals surface area contributed by atoms with E-state index in [1.165, 1.54) is 17.5 Å². The van der Waals surface area contributed by atoms with Crippen molar-refractivity contribution in [3.63, 3.8) is 0 Å². The highest BCUT2D eigenvalue weighted by Crippen LogP contribution is 2.46. The molecule has 1 spiro atoms. The predicted octanol–water partition coefficient (Wildman–Crippen LogP) is 3.11. The summed E-state index contributed by atoms with van der Waals surface area (Å²) in [4.78, 5) is 11.6. The normalized spacial score (nSPS) is 27.8. The molecule has 1 fully saturated rings. The summed E-state index contributed by atoms with van der Waals surface area (Å²) in [6, 6.07) is 8.34. The molecule has 1 aromatic rings. The van der Waals surface area contributed by atoms with Gasteiger partial charge in [-0.3, -0.25) is 0 Å². The fourth-order valence-electron chi connectivity index (χ4n) is 3.04. The van der Waals surface area contributed by atoms with E-state index in [2.05, 4.69) is 24.8 Å². The quantitative estimate of drug-likeness (QED) is 0.504. The van der Waals surface area contributed by atoms with Crippen molar-refractivity contribution in [3.8, 4) is 0 Å². The number of carbonyl (C=O) groups is 1. The first-order valence-corrected chi connectivity index (χ1v) is 6.21. The monoisotopic (exact) mass is 228 g/mol. The zero-order valence-electron chi connectivity index (χ0n) is 9.87. The van der Waals surface area contributed by atoms with Crippen LogP contribution in [0.25, 0.3) is 0 Å². The topological polar surface area (TPSA) is 26.3 Å². The Hall–Kier alpha value is -1.57. The van der Waals surface area contributed by atoms with Crippen molar-refractivity contribution in [1.29, 1.82) is 0 Å². The fraction of sp³-hybridized carbons (Fsp3) is 0.400. The molecule has 0 aromatic heterocycles. The van der Waals surface area contributed by atoms with Gasteiger partial charge < -0.3 is 4.74 Å². The Labute approximate surface area is 101 Å². The largest absolute Gasteiger partial charge is 0.450 e. The fourth-order valence-corrected chi connectivity index (χ4v) is 3.04. The van der Waals surface area contributed by atoms with E-state index in [1.54, 1.807) is 0 Å². The van der Waals surface area contributed by atoms with E-state index in [4.69, 9.17) is 4.74 Å². The van der Waals surface area contributed by atoms with E-state index in [-0.39, 0.29) is 5.97 Å². The molecule has 0 unspecified atom stereocenters. The molecule has 3 rings (SSSR count). The third-order valence-corrected chi connectivity index (χ3v) is 3.86. The average molecular weight is 228 g/mol. The number of hydrogen-bond acceptors (Lipinski definition) is 2. The van der Waals surface area contributed by atoms with Crippen LogP contribution in [0.5, 0.6) is 0 Å². The van der Waals surface area contributed by atoms with Gasteiger partial charge in [-0.2, -0.15) is 0 Å². The molecule has 1 aliphatic carbocycles. The molecule has 17 heavy (non-hydrogen) atoms. The molecule has 2 nitrogen and oxygen atoms in total. The third-order valence-electron chi connectivity index (χ3n) is 3.86. The van der Waals surface area contributed by atoms with Crippen LogP contribution < -0.4 is 0 Å². The molecule has 1 saturated heterocycles. The molecule has 2 heteroatoms. The van der Waals surface area contributed by atoms with Crippen LogP contribution in [0, 0.1) is 0 Å². The second-order valence-corrected chi connectivity index (χ2v) is 5.03. The van der Waals surface area contributed by atoms with Crippen LogP contribution >= 0.6 is 0 Å². The molecule has 0 amide bonds. The summed E-state index contributed by atoms with van der Waals surface area (Å²) in [5, 5.41) is 0. The Balaban J connectivity index is 2.11. The minimum absolute atomic E-state index is 0.221. The van der Waals surface area contributed by atoms with Crippen molar-refractivity contribution in [3.05, 3.63) is 47.5 Å². The molecular formula is C15H16O2. The molecule has 0 bridgehead atoms. The molecular weight excluding hydrogens is 212 g/mol. The van der Waals surface area contributed by atoms with Crippen molar-refractivity contribution in [2.24, 2.45) is 0 Å². The van der Waals surface area contributed by atoms with Crippen LogP contribution in [0.4, 0.5) is 0 Å². The summed E-state index contributed by atoms with van der Waals surface area (Å²) in [6.45, 7) is 3.81. The summed E-state index contributed by atoms with van der Waals surface area (Å²) in [6.07, 6.45) is 4.94. The molecule has 0 radical (unpaired) electrons. The van der Waals surface area contributed by atoms with Crippen LogP contribution in [-0.2, 0) is 21.6 Å². The number of aryl methyl sites for hydroxylation is 1.